The minimum atomic E-state index is -0.964. The number of hydrazone groups is 1. The smallest absolute Gasteiger partial charge is 0.329 e. The zero-order valence-corrected chi connectivity index (χ0v) is 21.7. The van der Waals surface area contributed by atoms with E-state index in [9.17, 15) is 14.4 Å². The molecule has 38 heavy (non-hydrogen) atoms. The summed E-state index contributed by atoms with van der Waals surface area (Å²) >= 11 is 6.07. The van der Waals surface area contributed by atoms with Gasteiger partial charge in [-0.2, -0.15) is 5.10 Å². The van der Waals surface area contributed by atoms with Gasteiger partial charge in [0, 0.05) is 22.8 Å². The average molecular weight is 537 g/mol. The topological polar surface area (TPSA) is 118 Å². The van der Waals surface area contributed by atoms with E-state index < -0.39 is 11.8 Å². The molecule has 0 spiro atoms. The van der Waals surface area contributed by atoms with Gasteiger partial charge in [-0.3, -0.25) is 14.4 Å². The summed E-state index contributed by atoms with van der Waals surface area (Å²) in [6.07, 6.45) is 3.26. The molecule has 0 aliphatic rings. The quantitative estimate of drug-likeness (QED) is 0.138. The number of benzene rings is 3. The van der Waals surface area contributed by atoms with Gasteiger partial charge in [0.15, 0.2) is 6.61 Å². The molecule has 0 heterocycles. The number of carbonyl (C=O) groups is 3. The van der Waals surface area contributed by atoms with Crippen LogP contribution in [0.15, 0.2) is 77.9 Å². The van der Waals surface area contributed by atoms with Crippen LogP contribution in [-0.2, 0) is 20.9 Å². The Kier molecular flexibility index (Phi) is 11.1. The second kappa shape index (κ2) is 15.0. The number of amides is 3. The highest BCUT2D eigenvalue weighted by atomic mass is 35.5. The van der Waals surface area contributed by atoms with Gasteiger partial charge in [-0.25, -0.2) is 5.43 Å². The van der Waals surface area contributed by atoms with Gasteiger partial charge in [0.25, 0.3) is 5.91 Å². The maximum Gasteiger partial charge on any atom is 0.329 e. The van der Waals surface area contributed by atoms with Gasteiger partial charge in [0.2, 0.25) is 0 Å². The van der Waals surface area contributed by atoms with Crippen molar-refractivity contribution in [2.45, 2.75) is 26.3 Å². The number of hydrogen-bond donors (Lipinski definition) is 3. The Balaban J connectivity index is 1.49. The normalized spacial score (nSPS) is 10.6. The number of nitrogens with zero attached hydrogens (tertiary/aromatic N) is 1. The molecule has 3 aromatic rings. The molecule has 0 aliphatic heterocycles. The molecule has 0 saturated heterocycles. The molecule has 0 radical (unpaired) electrons. The van der Waals surface area contributed by atoms with Crippen LogP contribution in [0.3, 0.4) is 0 Å². The van der Waals surface area contributed by atoms with Crippen molar-refractivity contribution in [3.05, 3.63) is 88.9 Å². The van der Waals surface area contributed by atoms with E-state index in [0.29, 0.717) is 40.9 Å². The first-order valence-electron chi connectivity index (χ1n) is 12.0. The van der Waals surface area contributed by atoms with Crippen molar-refractivity contribution in [2.75, 3.05) is 18.5 Å². The molecule has 3 N–H and O–H groups in total. The van der Waals surface area contributed by atoms with Crippen LogP contribution < -0.4 is 25.5 Å². The van der Waals surface area contributed by atoms with Crippen LogP contribution in [0.4, 0.5) is 5.69 Å². The van der Waals surface area contributed by atoms with Crippen LogP contribution >= 0.6 is 11.6 Å². The zero-order valence-electron chi connectivity index (χ0n) is 20.9. The molecule has 0 aromatic heterocycles. The second-order valence-electron chi connectivity index (χ2n) is 8.11. The van der Waals surface area contributed by atoms with Crippen LogP contribution in [0, 0.1) is 0 Å². The predicted molar refractivity (Wildman–Crippen MR) is 146 cm³/mol. The molecule has 198 valence electrons. The lowest BCUT2D eigenvalue weighted by Gasteiger charge is -2.10. The van der Waals surface area contributed by atoms with Gasteiger partial charge < -0.3 is 20.1 Å². The van der Waals surface area contributed by atoms with Crippen LogP contribution in [0.1, 0.15) is 30.9 Å². The molecule has 0 fully saturated rings. The molecule has 0 bridgehead atoms. The monoisotopic (exact) mass is 536 g/mol. The minimum absolute atomic E-state index is 0.230. The van der Waals surface area contributed by atoms with E-state index in [-0.39, 0.29) is 12.5 Å². The van der Waals surface area contributed by atoms with Crippen LogP contribution in [-0.4, -0.2) is 37.1 Å². The number of unbranched alkanes of at least 4 members (excludes halogenated alkanes) is 1. The molecule has 9 nitrogen and oxygen atoms in total. The molecule has 3 aromatic carbocycles. The Hall–Kier alpha value is -4.37. The molecule has 0 saturated carbocycles. The second-order valence-corrected chi connectivity index (χ2v) is 8.55. The van der Waals surface area contributed by atoms with Crippen molar-refractivity contribution in [3.63, 3.8) is 0 Å². The van der Waals surface area contributed by atoms with Crippen molar-refractivity contribution < 1.29 is 23.9 Å². The number of hydrogen-bond acceptors (Lipinski definition) is 6. The molecular weight excluding hydrogens is 508 g/mol. The molecule has 3 amide bonds. The van der Waals surface area contributed by atoms with E-state index in [1.54, 1.807) is 42.5 Å². The van der Waals surface area contributed by atoms with Crippen molar-refractivity contribution in [1.29, 1.82) is 0 Å². The number of ether oxygens (including phenoxy) is 2. The lowest BCUT2D eigenvalue weighted by molar-refractivity contribution is -0.136. The Morgan fingerprint density at radius 2 is 1.71 bits per heavy atom. The van der Waals surface area contributed by atoms with Gasteiger partial charge in [0.1, 0.15) is 11.5 Å². The summed E-state index contributed by atoms with van der Waals surface area (Å²) in [6, 6.07) is 20.9. The Labute approximate surface area is 226 Å². The van der Waals surface area contributed by atoms with E-state index in [1.165, 1.54) is 6.21 Å². The molecule has 0 atom stereocenters. The molecule has 0 aliphatic carbocycles. The first-order valence-corrected chi connectivity index (χ1v) is 12.4. The largest absolute Gasteiger partial charge is 0.494 e. The third-order valence-electron chi connectivity index (χ3n) is 5.12. The fourth-order valence-electron chi connectivity index (χ4n) is 3.11. The zero-order chi connectivity index (χ0) is 27.2. The SMILES string of the molecule is CCCCOc1ccc(NC(=O)C(=O)N/N=C\c2cc(Cl)ccc2OCC(=O)NCc2ccccc2)cc1. The van der Waals surface area contributed by atoms with Gasteiger partial charge in [0.05, 0.1) is 12.8 Å². The highest BCUT2D eigenvalue weighted by molar-refractivity contribution is 6.39. The number of anilines is 1. The summed E-state index contributed by atoms with van der Waals surface area (Å²) in [6.45, 7) is 2.84. The summed E-state index contributed by atoms with van der Waals surface area (Å²) in [5.41, 5.74) is 3.98. The van der Waals surface area contributed by atoms with Crippen molar-refractivity contribution in [2.24, 2.45) is 5.10 Å². The van der Waals surface area contributed by atoms with Crippen LogP contribution in [0.5, 0.6) is 11.5 Å². The van der Waals surface area contributed by atoms with Crippen LogP contribution in [0.2, 0.25) is 5.02 Å². The number of rotatable bonds is 12. The molecule has 0 unspecified atom stereocenters. The lowest BCUT2D eigenvalue weighted by Crippen LogP contribution is -2.32. The van der Waals surface area contributed by atoms with Gasteiger partial charge in [-0.15, -0.1) is 0 Å². The lowest BCUT2D eigenvalue weighted by atomic mass is 10.2. The first kappa shape index (κ1) is 28.2. The highest BCUT2D eigenvalue weighted by Gasteiger charge is 2.13. The minimum Gasteiger partial charge on any atom is -0.494 e. The fraction of sp³-hybridized carbons (Fsp3) is 0.214. The Bertz CT molecular complexity index is 1250. The Morgan fingerprint density at radius 1 is 0.947 bits per heavy atom. The van der Waals surface area contributed by atoms with Gasteiger partial charge >= 0.3 is 11.8 Å². The van der Waals surface area contributed by atoms with E-state index in [1.807, 2.05) is 30.3 Å². The summed E-state index contributed by atoms with van der Waals surface area (Å²) in [4.78, 5) is 36.5. The van der Waals surface area contributed by atoms with Crippen molar-refractivity contribution >= 4 is 41.2 Å². The van der Waals surface area contributed by atoms with Crippen molar-refractivity contribution in [3.8, 4) is 11.5 Å². The molecule has 3 rings (SSSR count). The van der Waals surface area contributed by atoms with Crippen molar-refractivity contribution in [1.82, 2.24) is 10.7 Å². The summed E-state index contributed by atoms with van der Waals surface area (Å²) in [5.74, 6) is -1.15. The van der Waals surface area contributed by atoms with E-state index in [2.05, 4.69) is 28.1 Å². The average Bonchev–Trinajstić information content (AvgIpc) is 2.93. The number of carbonyl (C=O) groups excluding carboxylic acids is 3. The van der Waals surface area contributed by atoms with Gasteiger partial charge in [-0.1, -0.05) is 55.3 Å². The van der Waals surface area contributed by atoms with Crippen LogP contribution in [0.25, 0.3) is 0 Å². The molecular formula is C28H29ClN4O5. The maximum atomic E-state index is 12.2. The van der Waals surface area contributed by atoms with Gasteiger partial charge in [-0.05, 0) is 54.4 Å². The highest BCUT2D eigenvalue weighted by Crippen LogP contribution is 2.21. The summed E-state index contributed by atoms with van der Waals surface area (Å²) in [5, 5.41) is 9.49. The van der Waals surface area contributed by atoms with E-state index in [0.717, 1.165) is 18.4 Å². The number of halogens is 1. The fourth-order valence-corrected chi connectivity index (χ4v) is 3.29. The third kappa shape index (κ3) is 9.59. The standard InChI is InChI=1S/C28H29ClN4O5/c1-2-3-15-37-24-12-10-23(11-13-24)32-27(35)28(36)33-31-18-21-16-22(29)9-14-25(21)38-19-26(34)30-17-20-7-5-4-6-8-20/h4-14,16,18H,2-3,15,17,19H2,1H3,(H,30,34)(H,32,35)(H,33,36)/b31-18-. The van der Waals surface area contributed by atoms with E-state index >= 15 is 0 Å². The Morgan fingerprint density at radius 3 is 2.45 bits per heavy atom. The summed E-state index contributed by atoms with van der Waals surface area (Å²) in [7, 11) is 0. The van der Waals surface area contributed by atoms with E-state index in [4.69, 9.17) is 21.1 Å². The third-order valence-corrected chi connectivity index (χ3v) is 5.35. The predicted octanol–water partition coefficient (Wildman–Crippen LogP) is 4.30. The maximum absolute atomic E-state index is 12.2. The summed E-state index contributed by atoms with van der Waals surface area (Å²) < 4.78 is 11.2. The first-order chi connectivity index (χ1) is 18.4. The number of nitrogens with one attached hydrogen (secondary N) is 3. The molecule has 10 heteroatoms.